The fourth-order valence-electron chi connectivity index (χ4n) is 1.61. The molecule has 1 aromatic carbocycles. The lowest BCUT2D eigenvalue weighted by molar-refractivity contribution is 0.0601. The van der Waals surface area contributed by atoms with E-state index < -0.39 is 0 Å². The van der Waals surface area contributed by atoms with Gasteiger partial charge in [0.2, 0.25) is 0 Å². The molecule has 0 aliphatic carbocycles. The Balaban J connectivity index is 2.34. The average Bonchev–Trinajstić information content (AvgIpc) is 2.69. The van der Waals surface area contributed by atoms with Crippen LogP contribution in [0.25, 0.3) is 0 Å². The molecule has 0 atom stereocenters. The van der Waals surface area contributed by atoms with Crippen LogP contribution in [-0.4, -0.2) is 26.0 Å². The summed E-state index contributed by atoms with van der Waals surface area (Å²) in [6.07, 6.45) is 0.799. The van der Waals surface area contributed by atoms with Crippen LogP contribution in [-0.2, 0) is 11.2 Å². The van der Waals surface area contributed by atoms with Crippen LogP contribution in [0.15, 0.2) is 23.2 Å². The summed E-state index contributed by atoms with van der Waals surface area (Å²) in [5.41, 5.74) is 2.66. The number of aliphatic imine (C=N–C) groups is 1. The molecule has 1 N–H and O–H groups in total. The van der Waals surface area contributed by atoms with Gasteiger partial charge in [-0.05, 0) is 17.7 Å². The van der Waals surface area contributed by atoms with Crippen molar-refractivity contribution in [1.29, 1.82) is 0 Å². The first kappa shape index (κ1) is 9.71. The summed E-state index contributed by atoms with van der Waals surface area (Å²) < 4.78 is 4.65. The van der Waals surface area contributed by atoms with Gasteiger partial charge in [0.15, 0.2) is 0 Å². The Kier molecular flexibility index (Phi) is 2.41. The monoisotopic (exact) mass is 204 g/mol. The van der Waals surface area contributed by atoms with Crippen molar-refractivity contribution in [3.05, 3.63) is 29.3 Å². The Morgan fingerprint density at radius 1 is 1.53 bits per heavy atom. The molecule has 0 bridgehead atoms. The van der Waals surface area contributed by atoms with E-state index in [9.17, 15) is 4.79 Å². The number of carbonyl (C=O) groups excluding carboxylic acids is 1. The second-order valence-corrected chi connectivity index (χ2v) is 3.34. The lowest BCUT2D eigenvalue weighted by atomic mass is 10.1. The smallest absolute Gasteiger partial charge is 0.337 e. The number of nitrogens with zero attached hydrogens (tertiary/aromatic N) is 1. The summed E-state index contributed by atoms with van der Waals surface area (Å²) >= 11 is 0. The third-order valence-corrected chi connectivity index (χ3v) is 2.44. The number of carbonyl (C=O) groups is 1. The van der Waals surface area contributed by atoms with Crippen molar-refractivity contribution in [2.24, 2.45) is 4.99 Å². The number of hydrogen-bond acceptors (Lipinski definition) is 3. The molecule has 0 radical (unpaired) electrons. The quantitative estimate of drug-likeness (QED) is 0.705. The van der Waals surface area contributed by atoms with Crippen molar-refractivity contribution in [3.8, 4) is 0 Å². The lowest BCUT2D eigenvalue weighted by Gasteiger charge is -2.02. The summed E-state index contributed by atoms with van der Waals surface area (Å²) in [6, 6.07) is 5.48. The highest BCUT2D eigenvalue weighted by Gasteiger charge is 2.17. The van der Waals surface area contributed by atoms with Gasteiger partial charge in [-0.3, -0.25) is 4.99 Å². The molecule has 0 unspecified atom stereocenters. The Morgan fingerprint density at radius 2 is 2.33 bits per heavy atom. The number of amidine groups is 1. The second-order valence-electron chi connectivity index (χ2n) is 3.34. The number of benzene rings is 1. The summed E-state index contributed by atoms with van der Waals surface area (Å²) in [6.45, 7) is 0. The van der Waals surface area contributed by atoms with E-state index >= 15 is 0 Å². The van der Waals surface area contributed by atoms with E-state index in [1.807, 2.05) is 6.07 Å². The summed E-state index contributed by atoms with van der Waals surface area (Å²) in [4.78, 5) is 15.4. The Hall–Kier alpha value is -1.84. The first-order chi connectivity index (χ1) is 7.24. The molecule has 1 aliphatic heterocycles. The van der Waals surface area contributed by atoms with Gasteiger partial charge in [0.1, 0.15) is 5.84 Å². The molecule has 2 rings (SSSR count). The highest BCUT2D eigenvalue weighted by atomic mass is 16.5. The van der Waals surface area contributed by atoms with Crippen molar-refractivity contribution < 1.29 is 9.53 Å². The van der Waals surface area contributed by atoms with Gasteiger partial charge in [-0.1, -0.05) is 6.07 Å². The van der Waals surface area contributed by atoms with Crippen molar-refractivity contribution >= 4 is 17.5 Å². The normalized spacial score (nSPS) is 16.0. The zero-order chi connectivity index (χ0) is 10.8. The van der Waals surface area contributed by atoms with Gasteiger partial charge in [-0.15, -0.1) is 0 Å². The number of hydrogen-bond donors (Lipinski definition) is 1. The third-order valence-electron chi connectivity index (χ3n) is 2.44. The molecule has 4 heteroatoms. The predicted molar refractivity (Wildman–Crippen MR) is 58.5 cm³/mol. The van der Waals surface area contributed by atoms with Gasteiger partial charge in [0.05, 0.1) is 12.7 Å². The zero-order valence-corrected chi connectivity index (χ0v) is 8.70. The number of anilines is 1. The minimum absolute atomic E-state index is 0.318. The van der Waals surface area contributed by atoms with E-state index in [-0.39, 0.29) is 5.97 Å². The van der Waals surface area contributed by atoms with E-state index in [1.165, 1.54) is 7.11 Å². The van der Waals surface area contributed by atoms with Crippen molar-refractivity contribution in [2.75, 3.05) is 19.5 Å². The molecule has 1 aromatic rings. The fourth-order valence-corrected chi connectivity index (χ4v) is 1.61. The number of nitrogens with one attached hydrogen (secondary N) is 1. The molecule has 0 saturated heterocycles. The van der Waals surface area contributed by atoms with E-state index in [2.05, 4.69) is 15.0 Å². The van der Waals surface area contributed by atoms with Crippen LogP contribution in [0.4, 0.5) is 5.69 Å². The number of methoxy groups -OCH3 is 1. The highest BCUT2D eigenvalue weighted by molar-refractivity contribution is 6.04. The lowest BCUT2D eigenvalue weighted by Crippen LogP contribution is -2.05. The second kappa shape index (κ2) is 3.73. The third kappa shape index (κ3) is 1.70. The summed E-state index contributed by atoms with van der Waals surface area (Å²) in [5, 5.41) is 3.15. The molecule has 0 aromatic heterocycles. The highest BCUT2D eigenvalue weighted by Crippen LogP contribution is 2.24. The van der Waals surface area contributed by atoms with E-state index in [0.717, 1.165) is 23.5 Å². The average molecular weight is 204 g/mol. The summed E-state index contributed by atoms with van der Waals surface area (Å²) in [7, 11) is 3.12. The topological polar surface area (TPSA) is 50.7 Å². The Bertz CT molecular complexity index is 438. The Morgan fingerprint density at radius 3 is 3.00 bits per heavy atom. The first-order valence-corrected chi connectivity index (χ1v) is 4.68. The minimum atomic E-state index is -0.318. The maximum atomic E-state index is 11.3. The molecule has 1 heterocycles. The van der Waals surface area contributed by atoms with Crippen molar-refractivity contribution in [3.63, 3.8) is 0 Å². The van der Waals surface area contributed by atoms with Crippen LogP contribution >= 0.6 is 0 Å². The van der Waals surface area contributed by atoms with Gasteiger partial charge >= 0.3 is 5.97 Å². The summed E-state index contributed by atoms with van der Waals surface area (Å²) in [5.74, 6) is 0.605. The van der Waals surface area contributed by atoms with Crippen LogP contribution < -0.4 is 5.32 Å². The zero-order valence-electron chi connectivity index (χ0n) is 8.70. The molecule has 78 valence electrons. The fraction of sp³-hybridized carbons (Fsp3) is 0.273. The maximum absolute atomic E-state index is 11.3. The van der Waals surface area contributed by atoms with Gasteiger partial charge in [-0.2, -0.15) is 0 Å². The standard InChI is InChI=1S/C11H12N2O2/c1-12-10-6-7-3-4-8(11(14)15-2)5-9(7)13-10/h3-5H,6H2,1-2H3,(H,12,13). The molecule has 4 nitrogen and oxygen atoms in total. The van der Waals surface area contributed by atoms with Gasteiger partial charge in [0, 0.05) is 19.2 Å². The van der Waals surface area contributed by atoms with Crippen LogP contribution in [0.5, 0.6) is 0 Å². The van der Waals surface area contributed by atoms with Crippen LogP contribution in [0.3, 0.4) is 0 Å². The number of ether oxygens (including phenoxy) is 1. The van der Waals surface area contributed by atoms with Gasteiger partial charge in [0.25, 0.3) is 0 Å². The van der Waals surface area contributed by atoms with Crippen molar-refractivity contribution in [1.82, 2.24) is 0 Å². The Labute approximate surface area is 88.0 Å². The minimum Gasteiger partial charge on any atom is -0.465 e. The first-order valence-electron chi connectivity index (χ1n) is 4.68. The van der Waals surface area contributed by atoms with Crippen molar-refractivity contribution in [2.45, 2.75) is 6.42 Å². The predicted octanol–water partition coefficient (Wildman–Crippen LogP) is 1.47. The van der Waals surface area contributed by atoms with Gasteiger partial charge < -0.3 is 10.1 Å². The molecule has 0 spiro atoms. The van der Waals surface area contributed by atoms with Crippen LogP contribution in [0.2, 0.25) is 0 Å². The number of esters is 1. The molecular formula is C11H12N2O2. The number of rotatable bonds is 1. The SMILES string of the molecule is CN=C1Cc2ccc(C(=O)OC)cc2N1. The molecular weight excluding hydrogens is 192 g/mol. The molecule has 0 saturated carbocycles. The molecule has 0 amide bonds. The molecule has 0 fully saturated rings. The maximum Gasteiger partial charge on any atom is 0.337 e. The van der Waals surface area contributed by atoms with Crippen LogP contribution in [0.1, 0.15) is 15.9 Å². The van der Waals surface area contributed by atoms with E-state index in [1.54, 1.807) is 19.2 Å². The van der Waals surface area contributed by atoms with E-state index in [4.69, 9.17) is 0 Å². The molecule has 1 aliphatic rings. The van der Waals surface area contributed by atoms with E-state index in [0.29, 0.717) is 5.56 Å². The number of fused-ring (bicyclic) bond motifs is 1. The molecule has 15 heavy (non-hydrogen) atoms. The van der Waals surface area contributed by atoms with Crippen LogP contribution in [0, 0.1) is 0 Å². The largest absolute Gasteiger partial charge is 0.465 e. The van der Waals surface area contributed by atoms with Gasteiger partial charge in [-0.25, -0.2) is 4.79 Å².